The van der Waals surface area contributed by atoms with Crippen molar-refractivity contribution in [1.82, 2.24) is 15.5 Å². The Morgan fingerprint density at radius 1 is 1.00 bits per heavy atom. The van der Waals surface area contributed by atoms with Gasteiger partial charge in [-0.25, -0.2) is 0 Å². The van der Waals surface area contributed by atoms with Crippen LogP contribution in [0.5, 0.6) is 0 Å². The van der Waals surface area contributed by atoms with E-state index in [0.29, 0.717) is 13.1 Å². The molecule has 1 aliphatic carbocycles. The van der Waals surface area contributed by atoms with E-state index in [1.807, 2.05) is 4.90 Å². The van der Waals surface area contributed by atoms with Crippen molar-refractivity contribution in [1.29, 1.82) is 0 Å². The Balaban J connectivity index is 2.01. The molecule has 1 saturated heterocycles. The van der Waals surface area contributed by atoms with E-state index in [2.05, 4.69) is 10.6 Å². The Morgan fingerprint density at radius 3 is 2.27 bits per heavy atom. The molecule has 124 valence electrons. The lowest BCUT2D eigenvalue weighted by Crippen LogP contribution is -2.56. The summed E-state index contributed by atoms with van der Waals surface area (Å²) in [6.07, 6.45) is 6.04. The first kappa shape index (κ1) is 16.8. The molecule has 1 saturated carbocycles. The Labute approximate surface area is 132 Å². The van der Waals surface area contributed by atoms with Gasteiger partial charge in [-0.1, -0.05) is 12.8 Å². The van der Waals surface area contributed by atoms with Crippen molar-refractivity contribution in [2.45, 2.75) is 64.5 Å². The van der Waals surface area contributed by atoms with Crippen molar-refractivity contribution in [3.8, 4) is 0 Å². The molecule has 1 aliphatic heterocycles. The molecule has 1 heterocycles. The Bertz CT molecular complexity index is 432. The Hall–Kier alpha value is -1.59. The molecule has 0 spiro atoms. The van der Waals surface area contributed by atoms with Gasteiger partial charge >= 0.3 is 0 Å². The summed E-state index contributed by atoms with van der Waals surface area (Å²) in [6, 6.07) is -0.382. The number of nitrogens with zero attached hydrogens (tertiary/aromatic N) is 1. The van der Waals surface area contributed by atoms with Gasteiger partial charge in [-0.3, -0.25) is 14.4 Å². The minimum absolute atomic E-state index is 0.0113. The first-order valence-electron chi connectivity index (χ1n) is 8.30. The van der Waals surface area contributed by atoms with Crippen molar-refractivity contribution in [2.75, 3.05) is 13.1 Å². The number of likely N-dealkylation sites (tertiary alicyclic amines) is 1. The number of amides is 3. The molecule has 2 fully saturated rings. The predicted octanol–water partition coefficient (Wildman–Crippen LogP) is 0.808. The van der Waals surface area contributed by atoms with Gasteiger partial charge in [0.2, 0.25) is 17.7 Å². The summed E-state index contributed by atoms with van der Waals surface area (Å²) in [7, 11) is 0. The molecule has 0 aromatic heterocycles. The second kappa shape index (κ2) is 7.61. The third-order valence-electron chi connectivity index (χ3n) is 4.64. The van der Waals surface area contributed by atoms with Crippen LogP contribution in [0.2, 0.25) is 0 Å². The fraction of sp³-hybridized carbons (Fsp3) is 0.812. The quantitative estimate of drug-likeness (QED) is 0.806. The van der Waals surface area contributed by atoms with Crippen LogP contribution in [0.4, 0.5) is 0 Å². The molecule has 0 unspecified atom stereocenters. The maximum absolute atomic E-state index is 12.9. The molecule has 0 bridgehead atoms. The number of carbonyl (C=O) groups excluding carboxylic acids is 3. The highest BCUT2D eigenvalue weighted by Crippen LogP contribution is 2.29. The third-order valence-corrected chi connectivity index (χ3v) is 4.64. The molecule has 2 atom stereocenters. The van der Waals surface area contributed by atoms with Gasteiger partial charge in [0.25, 0.3) is 0 Å². The van der Waals surface area contributed by atoms with Crippen LogP contribution in [0.1, 0.15) is 52.4 Å². The van der Waals surface area contributed by atoms with Gasteiger partial charge in [0.1, 0.15) is 6.04 Å². The van der Waals surface area contributed by atoms with Crippen molar-refractivity contribution >= 4 is 17.7 Å². The van der Waals surface area contributed by atoms with Gasteiger partial charge in [-0.2, -0.15) is 0 Å². The molecule has 6 nitrogen and oxygen atoms in total. The number of piperidine rings is 1. The summed E-state index contributed by atoms with van der Waals surface area (Å²) in [6.45, 7) is 4.21. The van der Waals surface area contributed by atoms with Crippen LogP contribution in [0.3, 0.4) is 0 Å². The van der Waals surface area contributed by atoms with E-state index >= 15 is 0 Å². The van der Waals surface area contributed by atoms with Gasteiger partial charge in [0.05, 0.1) is 0 Å². The summed E-state index contributed by atoms with van der Waals surface area (Å²) in [4.78, 5) is 37.3. The zero-order valence-corrected chi connectivity index (χ0v) is 13.6. The largest absolute Gasteiger partial charge is 0.352 e. The standard InChI is InChI=1S/C16H27N3O3/c1-11(20)17-14-8-5-9-19(10-14)16(22)15(18-12(2)21)13-6-3-4-7-13/h13-15H,3-10H2,1-2H3,(H,17,20)(H,18,21)/t14-,15-/m1/s1. The van der Waals surface area contributed by atoms with Crippen molar-refractivity contribution in [2.24, 2.45) is 5.92 Å². The topological polar surface area (TPSA) is 78.5 Å². The molecule has 0 aromatic rings. The smallest absolute Gasteiger partial charge is 0.245 e. The second-order valence-corrected chi connectivity index (χ2v) is 6.55. The van der Waals surface area contributed by atoms with Crippen molar-refractivity contribution < 1.29 is 14.4 Å². The molecular formula is C16H27N3O3. The van der Waals surface area contributed by atoms with E-state index < -0.39 is 6.04 Å². The van der Waals surface area contributed by atoms with Crippen molar-refractivity contribution in [3.05, 3.63) is 0 Å². The van der Waals surface area contributed by atoms with Crippen LogP contribution < -0.4 is 10.6 Å². The van der Waals surface area contributed by atoms with Gasteiger partial charge in [0.15, 0.2) is 0 Å². The highest BCUT2D eigenvalue weighted by Gasteiger charge is 2.35. The summed E-state index contributed by atoms with van der Waals surface area (Å²) >= 11 is 0. The Morgan fingerprint density at radius 2 is 1.68 bits per heavy atom. The fourth-order valence-electron chi connectivity index (χ4n) is 3.67. The average Bonchev–Trinajstić information content (AvgIpc) is 2.97. The molecule has 2 N–H and O–H groups in total. The minimum atomic E-state index is -0.406. The fourth-order valence-corrected chi connectivity index (χ4v) is 3.67. The maximum Gasteiger partial charge on any atom is 0.245 e. The molecule has 6 heteroatoms. The lowest BCUT2D eigenvalue weighted by atomic mass is 9.95. The summed E-state index contributed by atoms with van der Waals surface area (Å²) in [5, 5.41) is 5.75. The molecule has 22 heavy (non-hydrogen) atoms. The number of rotatable bonds is 4. The van der Waals surface area contributed by atoms with Crippen LogP contribution in [0.25, 0.3) is 0 Å². The Kier molecular flexibility index (Phi) is 5.80. The molecule has 2 aliphatic rings. The molecule has 0 radical (unpaired) electrons. The van der Waals surface area contributed by atoms with E-state index in [1.54, 1.807) is 0 Å². The number of hydrogen-bond acceptors (Lipinski definition) is 3. The highest BCUT2D eigenvalue weighted by atomic mass is 16.2. The molecule has 2 rings (SSSR count). The van der Waals surface area contributed by atoms with Crippen LogP contribution >= 0.6 is 0 Å². The van der Waals surface area contributed by atoms with Gasteiger partial charge in [0, 0.05) is 33.0 Å². The zero-order valence-electron chi connectivity index (χ0n) is 13.6. The maximum atomic E-state index is 12.9. The lowest BCUT2D eigenvalue weighted by molar-refractivity contribution is -0.139. The predicted molar refractivity (Wildman–Crippen MR) is 83.0 cm³/mol. The van der Waals surface area contributed by atoms with E-state index in [-0.39, 0.29) is 29.7 Å². The van der Waals surface area contributed by atoms with E-state index in [9.17, 15) is 14.4 Å². The number of nitrogens with one attached hydrogen (secondary N) is 2. The van der Waals surface area contributed by atoms with Crippen LogP contribution in [-0.4, -0.2) is 47.8 Å². The number of hydrogen-bond donors (Lipinski definition) is 2. The van der Waals surface area contributed by atoms with Gasteiger partial charge in [-0.05, 0) is 31.6 Å². The molecule has 3 amide bonds. The summed E-state index contributed by atoms with van der Waals surface area (Å²) < 4.78 is 0. The van der Waals surface area contributed by atoms with E-state index in [1.165, 1.54) is 13.8 Å². The second-order valence-electron chi connectivity index (χ2n) is 6.55. The summed E-state index contributed by atoms with van der Waals surface area (Å²) in [5.74, 6) is 0.0452. The minimum Gasteiger partial charge on any atom is -0.352 e. The van der Waals surface area contributed by atoms with Crippen LogP contribution in [0.15, 0.2) is 0 Å². The molecular weight excluding hydrogens is 282 g/mol. The monoisotopic (exact) mass is 309 g/mol. The van der Waals surface area contributed by atoms with Crippen molar-refractivity contribution in [3.63, 3.8) is 0 Å². The lowest BCUT2D eigenvalue weighted by Gasteiger charge is -2.36. The van der Waals surface area contributed by atoms with Gasteiger partial charge < -0.3 is 15.5 Å². The first-order chi connectivity index (χ1) is 10.5. The van der Waals surface area contributed by atoms with Crippen LogP contribution in [0, 0.1) is 5.92 Å². The van der Waals surface area contributed by atoms with E-state index in [0.717, 1.165) is 38.5 Å². The zero-order chi connectivity index (χ0) is 16.1. The molecule has 0 aromatic carbocycles. The third kappa shape index (κ3) is 4.45. The van der Waals surface area contributed by atoms with Crippen LogP contribution in [-0.2, 0) is 14.4 Å². The SMILES string of the molecule is CC(=O)N[C@@H]1CCCN(C(=O)[C@H](NC(C)=O)C2CCCC2)C1. The normalized spacial score (nSPS) is 23.9. The first-order valence-corrected chi connectivity index (χ1v) is 8.30. The van der Waals surface area contributed by atoms with E-state index in [4.69, 9.17) is 0 Å². The highest BCUT2D eigenvalue weighted by molar-refractivity contribution is 5.87. The number of carbonyl (C=O) groups is 3. The summed E-state index contributed by atoms with van der Waals surface area (Å²) in [5.41, 5.74) is 0. The average molecular weight is 309 g/mol. The van der Waals surface area contributed by atoms with Gasteiger partial charge in [-0.15, -0.1) is 0 Å².